The first-order valence-electron chi connectivity index (χ1n) is 6.10. The summed E-state index contributed by atoms with van der Waals surface area (Å²) in [5, 5.41) is 0. The molecule has 0 N–H and O–H groups in total. The Labute approximate surface area is 94.7 Å². The maximum Gasteiger partial charge on any atom is -0.0213 e. The van der Waals surface area contributed by atoms with Crippen molar-refractivity contribution < 1.29 is 0 Å². The fraction of sp³-hybridized carbons (Fsp3) is 0.600. The van der Waals surface area contributed by atoms with Crippen LogP contribution >= 0.6 is 0 Å². The van der Waals surface area contributed by atoms with Crippen molar-refractivity contribution in [1.82, 2.24) is 0 Å². The summed E-state index contributed by atoms with van der Waals surface area (Å²) >= 11 is 0. The van der Waals surface area contributed by atoms with Crippen LogP contribution in [0.15, 0.2) is 12.1 Å². The summed E-state index contributed by atoms with van der Waals surface area (Å²) in [7, 11) is 0. The summed E-state index contributed by atoms with van der Waals surface area (Å²) in [5.41, 5.74) is 6.04. The molecule has 0 amide bonds. The molecule has 0 fully saturated rings. The van der Waals surface area contributed by atoms with Gasteiger partial charge in [0, 0.05) is 0 Å². The lowest BCUT2D eigenvalue weighted by Crippen LogP contribution is -2.03. The minimum Gasteiger partial charge on any atom is -0.0613 e. The van der Waals surface area contributed by atoms with Gasteiger partial charge in [0.15, 0.2) is 0 Å². The third-order valence-electron chi connectivity index (χ3n) is 3.09. The molecule has 0 nitrogen and oxygen atoms in total. The smallest absolute Gasteiger partial charge is 0.0213 e. The SMILES string of the molecule is CCc1cc(C)c(C(C)C)c(C(C)C)c1. The normalized spacial score (nSPS) is 11.5. The third-order valence-corrected chi connectivity index (χ3v) is 3.09. The van der Waals surface area contributed by atoms with Crippen LogP contribution in [-0.4, -0.2) is 0 Å². The van der Waals surface area contributed by atoms with Gasteiger partial charge in [-0.3, -0.25) is 0 Å². The lowest BCUT2D eigenvalue weighted by atomic mass is 9.85. The average Bonchev–Trinajstić information content (AvgIpc) is 2.15. The highest BCUT2D eigenvalue weighted by molar-refractivity contribution is 5.42. The second-order valence-corrected chi connectivity index (χ2v) is 5.08. The lowest BCUT2D eigenvalue weighted by molar-refractivity contribution is 0.779. The Balaban J connectivity index is 3.36. The summed E-state index contributed by atoms with van der Waals surface area (Å²) in [4.78, 5) is 0. The Kier molecular flexibility index (Phi) is 3.96. The zero-order chi connectivity index (χ0) is 11.6. The van der Waals surface area contributed by atoms with Crippen molar-refractivity contribution in [1.29, 1.82) is 0 Å². The monoisotopic (exact) mass is 204 g/mol. The van der Waals surface area contributed by atoms with E-state index >= 15 is 0 Å². The van der Waals surface area contributed by atoms with Gasteiger partial charge in [0.2, 0.25) is 0 Å². The van der Waals surface area contributed by atoms with E-state index in [1.54, 1.807) is 11.1 Å². The van der Waals surface area contributed by atoms with Crippen LogP contribution in [0.1, 0.15) is 68.7 Å². The highest BCUT2D eigenvalue weighted by atomic mass is 14.2. The number of aryl methyl sites for hydroxylation is 2. The van der Waals surface area contributed by atoms with Crippen LogP contribution in [-0.2, 0) is 6.42 Å². The van der Waals surface area contributed by atoms with Crippen LogP contribution in [0.2, 0.25) is 0 Å². The molecule has 0 radical (unpaired) electrons. The first kappa shape index (κ1) is 12.3. The Bertz CT molecular complexity index is 332. The van der Waals surface area contributed by atoms with Gasteiger partial charge in [0.1, 0.15) is 0 Å². The summed E-state index contributed by atoms with van der Waals surface area (Å²) in [5.74, 6) is 1.26. The molecule has 0 bridgehead atoms. The highest BCUT2D eigenvalue weighted by Gasteiger charge is 2.13. The van der Waals surface area contributed by atoms with Crippen molar-refractivity contribution in [3.8, 4) is 0 Å². The Morgan fingerprint density at radius 2 is 1.60 bits per heavy atom. The third kappa shape index (κ3) is 2.62. The molecule has 0 aromatic heterocycles. The van der Waals surface area contributed by atoms with Gasteiger partial charge in [0.25, 0.3) is 0 Å². The van der Waals surface area contributed by atoms with Gasteiger partial charge in [0.05, 0.1) is 0 Å². The average molecular weight is 204 g/mol. The van der Waals surface area contributed by atoms with Gasteiger partial charge in [-0.1, -0.05) is 46.8 Å². The zero-order valence-electron chi connectivity index (χ0n) is 11.0. The van der Waals surface area contributed by atoms with Crippen molar-refractivity contribution in [3.05, 3.63) is 34.4 Å². The van der Waals surface area contributed by atoms with E-state index in [4.69, 9.17) is 0 Å². The first-order valence-corrected chi connectivity index (χ1v) is 6.10. The van der Waals surface area contributed by atoms with Crippen molar-refractivity contribution in [2.45, 2.75) is 59.8 Å². The maximum atomic E-state index is 2.40. The molecule has 15 heavy (non-hydrogen) atoms. The number of benzene rings is 1. The second-order valence-electron chi connectivity index (χ2n) is 5.08. The van der Waals surface area contributed by atoms with E-state index in [1.165, 1.54) is 11.1 Å². The highest BCUT2D eigenvalue weighted by Crippen LogP contribution is 2.30. The Hall–Kier alpha value is -0.780. The summed E-state index contributed by atoms with van der Waals surface area (Å²) in [6, 6.07) is 4.74. The zero-order valence-corrected chi connectivity index (χ0v) is 11.0. The van der Waals surface area contributed by atoms with Crippen LogP contribution < -0.4 is 0 Å². The fourth-order valence-corrected chi connectivity index (χ4v) is 2.37. The first-order chi connectivity index (χ1) is 6.97. The summed E-state index contributed by atoms with van der Waals surface area (Å²) in [6.07, 6.45) is 1.14. The Morgan fingerprint density at radius 1 is 1.00 bits per heavy atom. The van der Waals surface area contributed by atoms with E-state index in [1.807, 2.05) is 0 Å². The topological polar surface area (TPSA) is 0 Å². The predicted octanol–water partition coefficient (Wildman–Crippen LogP) is 4.80. The van der Waals surface area contributed by atoms with Crippen molar-refractivity contribution in [3.63, 3.8) is 0 Å². The van der Waals surface area contributed by atoms with Gasteiger partial charge < -0.3 is 0 Å². The van der Waals surface area contributed by atoms with Crippen LogP contribution in [0.4, 0.5) is 0 Å². The lowest BCUT2D eigenvalue weighted by Gasteiger charge is -2.20. The fourth-order valence-electron chi connectivity index (χ4n) is 2.37. The second kappa shape index (κ2) is 4.83. The van der Waals surface area contributed by atoms with E-state index in [0.29, 0.717) is 11.8 Å². The molecule has 0 aliphatic carbocycles. The number of hydrogen-bond acceptors (Lipinski definition) is 0. The molecule has 1 aromatic carbocycles. The van der Waals surface area contributed by atoms with Gasteiger partial charge in [-0.15, -0.1) is 0 Å². The van der Waals surface area contributed by atoms with Crippen LogP contribution in [0.3, 0.4) is 0 Å². The minimum absolute atomic E-state index is 0.632. The van der Waals surface area contributed by atoms with Gasteiger partial charge in [-0.2, -0.15) is 0 Å². The molecule has 1 rings (SSSR count). The van der Waals surface area contributed by atoms with Gasteiger partial charge in [-0.05, 0) is 47.4 Å². The Morgan fingerprint density at radius 3 is 2.00 bits per heavy atom. The molecular formula is C15H24. The molecular weight excluding hydrogens is 180 g/mol. The molecule has 84 valence electrons. The number of rotatable bonds is 3. The van der Waals surface area contributed by atoms with E-state index in [9.17, 15) is 0 Å². The molecule has 0 atom stereocenters. The van der Waals surface area contributed by atoms with Crippen molar-refractivity contribution in [2.24, 2.45) is 0 Å². The van der Waals surface area contributed by atoms with Gasteiger partial charge >= 0.3 is 0 Å². The maximum absolute atomic E-state index is 2.40. The summed E-state index contributed by atoms with van der Waals surface area (Å²) < 4.78 is 0. The molecule has 0 heteroatoms. The molecule has 0 unspecified atom stereocenters. The van der Waals surface area contributed by atoms with Crippen LogP contribution in [0.25, 0.3) is 0 Å². The quantitative estimate of drug-likeness (QED) is 0.663. The molecule has 1 aromatic rings. The van der Waals surface area contributed by atoms with Crippen molar-refractivity contribution >= 4 is 0 Å². The molecule has 0 heterocycles. The molecule has 0 spiro atoms. The van der Waals surface area contributed by atoms with E-state index in [0.717, 1.165) is 6.42 Å². The largest absolute Gasteiger partial charge is 0.0613 e. The molecule has 0 saturated carbocycles. The minimum atomic E-state index is 0.632. The van der Waals surface area contributed by atoms with Gasteiger partial charge in [-0.25, -0.2) is 0 Å². The van der Waals surface area contributed by atoms with E-state index in [-0.39, 0.29) is 0 Å². The van der Waals surface area contributed by atoms with Crippen LogP contribution in [0.5, 0.6) is 0 Å². The molecule has 0 aliphatic heterocycles. The van der Waals surface area contributed by atoms with E-state index < -0.39 is 0 Å². The van der Waals surface area contributed by atoms with Crippen molar-refractivity contribution in [2.75, 3.05) is 0 Å². The van der Waals surface area contributed by atoms with Crippen LogP contribution in [0, 0.1) is 6.92 Å². The summed E-state index contributed by atoms with van der Waals surface area (Å²) in [6.45, 7) is 13.6. The van der Waals surface area contributed by atoms with E-state index in [2.05, 4.69) is 53.7 Å². The standard InChI is InChI=1S/C15H24/c1-7-13-8-12(6)15(11(4)5)14(9-13)10(2)3/h8-11H,7H2,1-6H3. The number of hydrogen-bond donors (Lipinski definition) is 0. The predicted molar refractivity (Wildman–Crippen MR) is 68.7 cm³/mol. The molecule has 0 saturated heterocycles. The molecule has 0 aliphatic rings.